The molecular formula is C22H26N4O4S2. The van der Waals surface area contributed by atoms with Gasteiger partial charge < -0.3 is 14.4 Å². The van der Waals surface area contributed by atoms with Crippen LogP contribution in [0.5, 0.6) is 0 Å². The molecular weight excluding hydrogens is 448 g/mol. The molecule has 2 aromatic rings. The van der Waals surface area contributed by atoms with Gasteiger partial charge in [-0.2, -0.15) is 0 Å². The van der Waals surface area contributed by atoms with Gasteiger partial charge in [0.15, 0.2) is 0 Å². The quantitative estimate of drug-likeness (QED) is 0.359. The molecule has 2 atom stereocenters. The Morgan fingerprint density at radius 3 is 2.75 bits per heavy atom. The van der Waals surface area contributed by atoms with E-state index in [-0.39, 0.29) is 23.7 Å². The average molecular weight is 475 g/mol. The third kappa shape index (κ3) is 4.59. The first-order valence-corrected chi connectivity index (χ1v) is 11.8. The Labute approximate surface area is 196 Å². The lowest BCUT2D eigenvalue weighted by atomic mass is 10.2. The molecule has 0 bridgehead atoms. The summed E-state index contributed by atoms with van der Waals surface area (Å²) in [7, 11) is 1.62. The number of amides is 1. The van der Waals surface area contributed by atoms with Gasteiger partial charge in [-0.1, -0.05) is 30.0 Å². The van der Waals surface area contributed by atoms with Crippen LogP contribution in [0.1, 0.15) is 25.8 Å². The van der Waals surface area contributed by atoms with Crippen molar-refractivity contribution in [3.63, 3.8) is 0 Å². The van der Waals surface area contributed by atoms with E-state index in [9.17, 15) is 9.59 Å². The Morgan fingerprint density at radius 1 is 1.28 bits per heavy atom. The summed E-state index contributed by atoms with van der Waals surface area (Å²) < 4.78 is 12.9. The van der Waals surface area contributed by atoms with Crippen LogP contribution in [-0.4, -0.2) is 70.1 Å². The van der Waals surface area contributed by atoms with Gasteiger partial charge in [0.05, 0.1) is 22.7 Å². The van der Waals surface area contributed by atoms with E-state index < -0.39 is 0 Å². The topological polar surface area (TPSA) is 76.4 Å². The molecule has 8 nitrogen and oxygen atoms in total. The van der Waals surface area contributed by atoms with Crippen LogP contribution >= 0.6 is 24.0 Å². The van der Waals surface area contributed by atoms with Crippen LogP contribution in [0.3, 0.4) is 0 Å². The van der Waals surface area contributed by atoms with Crippen molar-refractivity contribution < 1.29 is 14.3 Å². The first-order valence-electron chi connectivity index (χ1n) is 10.5. The molecule has 170 valence electrons. The van der Waals surface area contributed by atoms with Crippen LogP contribution in [-0.2, 0) is 14.3 Å². The number of nitrogens with zero attached hydrogens (tertiary/aromatic N) is 4. The van der Waals surface area contributed by atoms with E-state index in [2.05, 4.69) is 4.90 Å². The summed E-state index contributed by atoms with van der Waals surface area (Å²) in [5.74, 6) is 0.371. The number of hydrogen-bond donors (Lipinski definition) is 0. The molecule has 0 spiro atoms. The lowest BCUT2D eigenvalue weighted by molar-refractivity contribution is -0.122. The smallest absolute Gasteiger partial charge is 0.267 e. The zero-order valence-corrected chi connectivity index (χ0v) is 19.9. The number of thiocarbonyl (C=S) groups is 1. The lowest BCUT2D eigenvalue weighted by Gasteiger charge is -2.36. The molecule has 2 aromatic heterocycles. The Balaban J connectivity index is 1.77. The van der Waals surface area contributed by atoms with Crippen molar-refractivity contribution in [2.24, 2.45) is 0 Å². The summed E-state index contributed by atoms with van der Waals surface area (Å²) in [6.07, 6.45) is 4.02. The van der Waals surface area contributed by atoms with E-state index in [0.717, 1.165) is 0 Å². The highest BCUT2D eigenvalue weighted by Crippen LogP contribution is 2.34. The minimum absolute atomic E-state index is 0.00150. The normalized spacial score (nSPS) is 23.0. The highest BCUT2D eigenvalue weighted by atomic mass is 32.2. The largest absolute Gasteiger partial charge is 0.385 e. The Hall–Kier alpha value is -2.27. The SMILES string of the molecule is COCCCN1C(=O)C(=Cc2c(N3CC(C)OC(C)C3)nc3ccccn3c2=O)SC1=S. The maximum atomic E-state index is 13.5. The van der Waals surface area contributed by atoms with Gasteiger partial charge in [-0.15, -0.1) is 0 Å². The summed E-state index contributed by atoms with van der Waals surface area (Å²) >= 11 is 6.63. The number of ether oxygens (including phenoxy) is 2. The van der Waals surface area contributed by atoms with E-state index in [0.29, 0.717) is 58.9 Å². The summed E-state index contributed by atoms with van der Waals surface area (Å²) in [5, 5.41) is 0. The highest BCUT2D eigenvalue weighted by molar-refractivity contribution is 8.26. The highest BCUT2D eigenvalue weighted by Gasteiger charge is 2.33. The Bertz CT molecular complexity index is 1120. The van der Waals surface area contributed by atoms with Gasteiger partial charge >= 0.3 is 0 Å². The molecule has 10 heteroatoms. The third-order valence-electron chi connectivity index (χ3n) is 5.35. The van der Waals surface area contributed by atoms with Crippen molar-refractivity contribution in [3.8, 4) is 0 Å². The number of morpholine rings is 1. The van der Waals surface area contributed by atoms with Crippen molar-refractivity contribution in [3.05, 3.63) is 45.2 Å². The fraction of sp³-hybridized carbons (Fsp3) is 0.455. The second kappa shape index (κ2) is 9.70. The van der Waals surface area contributed by atoms with Crippen LogP contribution in [0.4, 0.5) is 5.82 Å². The molecule has 0 aromatic carbocycles. The zero-order chi connectivity index (χ0) is 22.8. The number of carbonyl (C=O) groups excluding carboxylic acids is 1. The molecule has 2 saturated heterocycles. The van der Waals surface area contributed by atoms with Crippen LogP contribution in [0.15, 0.2) is 34.1 Å². The van der Waals surface area contributed by atoms with E-state index in [1.165, 1.54) is 16.2 Å². The second-order valence-electron chi connectivity index (χ2n) is 7.93. The van der Waals surface area contributed by atoms with Crippen molar-refractivity contribution in [1.82, 2.24) is 14.3 Å². The van der Waals surface area contributed by atoms with Crippen molar-refractivity contribution >= 4 is 51.7 Å². The molecule has 4 rings (SSSR count). The van der Waals surface area contributed by atoms with Crippen LogP contribution in [0.25, 0.3) is 11.7 Å². The van der Waals surface area contributed by atoms with Gasteiger partial charge in [-0.3, -0.25) is 18.9 Å². The van der Waals surface area contributed by atoms with Gasteiger partial charge in [0.1, 0.15) is 15.8 Å². The van der Waals surface area contributed by atoms with Crippen LogP contribution in [0.2, 0.25) is 0 Å². The maximum absolute atomic E-state index is 13.5. The summed E-state index contributed by atoms with van der Waals surface area (Å²) in [6.45, 7) is 6.25. The molecule has 0 N–H and O–H groups in total. The molecule has 2 unspecified atom stereocenters. The molecule has 0 aliphatic carbocycles. The number of methoxy groups -OCH3 is 1. The molecule has 2 fully saturated rings. The van der Waals surface area contributed by atoms with Crippen molar-refractivity contribution in [2.75, 3.05) is 38.3 Å². The number of thioether (sulfide) groups is 1. The molecule has 2 aliphatic heterocycles. The van der Waals surface area contributed by atoms with E-state index in [1.807, 2.05) is 19.9 Å². The standard InChI is InChI=1S/C22H26N4O4S2/c1-14-12-24(13-15(2)30-14)19-16(20(27)25-8-5-4-7-18(25)23-19)11-17-21(28)26(22(31)32-17)9-6-10-29-3/h4-5,7-8,11,14-15H,6,9-10,12-13H2,1-3H3. The zero-order valence-electron chi connectivity index (χ0n) is 18.3. The molecule has 32 heavy (non-hydrogen) atoms. The first kappa shape index (κ1) is 22.9. The predicted molar refractivity (Wildman–Crippen MR) is 130 cm³/mol. The number of rotatable bonds is 6. The Kier molecular flexibility index (Phi) is 6.94. The monoisotopic (exact) mass is 474 g/mol. The van der Waals surface area contributed by atoms with E-state index >= 15 is 0 Å². The van der Waals surface area contributed by atoms with Crippen LogP contribution in [0, 0.1) is 0 Å². The minimum atomic E-state index is -0.220. The minimum Gasteiger partial charge on any atom is -0.385 e. The summed E-state index contributed by atoms with van der Waals surface area (Å²) in [6, 6.07) is 5.44. The van der Waals surface area contributed by atoms with Gasteiger partial charge in [0.25, 0.3) is 11.5 Å². The predicted octanol–water partition coefficient (Wildman–Crippen LogP) is 2.55. The molecule has 1 amide bonds. The third-order valence-corrected chi connectivity index (χ3v) is 6.73. The van der Waals surface area contributed by atoms with Gasteiger partial charge in [0.2, 0.25) is 0 Å². The molecule has 0 saturated carbocycles. The molecule has 2 aliphatic rings. The van der Waals surface area contributed by atoms with Crippen LogP contribution < -0.4 is 10.5 Å². The lowest BCUT2D eigenvalue weighted by Crippen LogP contribution is -2.46. The first-order chi connectivity index (χ1) is 15.4. The van der Waals surface area contributed by atoms with Gasteiger partial charge in [-0.05, 0) is 38.5 Å². The number of hydrogen-bond acceptors (Lipinski definition) is 8. The summed E-state index contributed by atoms with van der Waals surface area (Å²) in [4.78, 5) is 35.3. The number of pyridine rings is 1. The average Bonchev–Trinajstić information content (AvgIpc) is 3.02. The number of anilines is 1. The fourth-order valence-corrected chi connectivity index (χ4v) is 5.29. The van der Waals surface area contributed by atoms with Crippen molar-refractivity contribution in [2.45, 2.75) is 32.5 Å². The number of fused-ring (bicyclic) bond motifs is 1. The van der Waals surface area contributed by atoms with E-state index in [1.54, 1.807) is 36.4 Å². The molecule has 0 radical (unpaired) electrons. The van der Waals surface area contributed by atoms with E-state index in [4.69, 9.17) is 26.7 Å². The van der Waals surface area contributed by atoms with Gasteiger partial charge in [-0.25, -0.2) is 4.98 Å². The Morgan fingerprint density at radius 2 is 2.03 bits per heavy atom. The number of carbonyl (C=O) groups is 1. The number of aromatic nitrogens is 2. The second-order valence-corrected chi connectivity index (χ2v) is 9.60. The fourth-order valence-electron chi connectivity index (χ4n) is 4.00. The summed E-state index contributed by atoms with van der Waals surface area (Å²) in [5.41, 5.74) is 0.720. The maximum Gasteiger partial charge on any atom is 0.267 e. The van der Waals surface area contributed by atoms with Crippen molar-refractivity contribution in [1.29, 1.82) is 0 Å². The van der Waals surface area contributed by atoms with Gasteiger partial charge in [0, 0.05) is 39.5 Å². The molecule has 4 heterocycles.